The van der Waals surface area contributed by atoms with Gasteiger partial charge in [0.05, 0.1) is 0 Å². The number of hydrogen-bond acceptors (Lipinski definition) is 1. The molecule has 0 radical (unpaired) electrons. The molecule has 8 heavy (non-hydrogen) atoms. The van der Waals surface area contributed by atoms with Crippen molar-refractivity contribution in [2.24, 2.45) is 5.73 Å². The molecule has 0 saturated heterocycles. The first-order chi connectivity index (χ1) is 3.77. The fraction of sp³-hybridized carbons (Fsp3) is 0.714. The highest BCUT2D eigenvalue weighted by molar-refractivity contribution is 5.02. The first kappa shape index (κ1) is 5.83. The summed E-state index contributed by atoms with van der Waals surface area (Å²) >= 11 is 0. The lowest BCUT2D eigenvalue weighted by Crippen LogP contribution is -2.32. The predicted molar refractivity (Wildman–Crippen MR) is 35.6 cm³/mol. The van der Waals surface area contributed by atoms with Crippen molar-refractivity contribution in [2.45, 2.75) is 31.2 Å². The molecule has 1 rings (SSSR count). The number of nitrogens with two attached hydrogens (primary N) is 1. The highest BCUT2D eigenvalue weighted by Gasteiger charge is 2.24. The number of hydrogen-bond donors (Lipinski definition) is 1. The van der Waals surface area contributed by atoms with Gasteiger partial charge in [-0.3, -0.25) is 0 Å². The van der Waals surface area contributed by atoms with Crippen LogP contribution in [0.3, 0.4) is 0 Å². The van der Waals surface area contributed by atoms with Crippen molar-refractivity contribution in [1.29, 1.82) is 0 Å². The van der Waals surface area contributed by atoms with E-state index in [9.17, 15) is 0 Å². The lowest BCUT2D eigenvalue weighted by molar-refractivity contribution is 0.551. The second kappa shape index (κ2) is 1.90. The molecule has 1 aliphatic rings. The lowest BCUT2D eigenvalue weighted by Gasteiger charge is -2.16. The Labute approximate surface area is 50.6 Å². The maximum absolute atomic E-state index is 5.84. The summed E-state index contributed by atoms with van der Waals surface area (Å²) in [6, 6.07) is 0. The quantitative estimate of drug-likeness (QED) is 0.509. The van der Waals surface area contributed by atoms with Crippen molar-refractivity contribution in [3.63, 3.8) is 0 Å². The largest absolute Gasteiger partial charge is 0.322 e. The maximum Gasteiger partial charge on any atom is 0.0336 e. The van der Waals surface area contributed by atoms with E-state index in [0.717, 1.165) is 12.8 Å². The molecule has 0 aromatic carbocycles. The second-order valence-electron chi connectivity index (χ2n) is 2.64. The minimum Gasteiger partial charge on any atom is -0.322 e. The molecule has 1 saturated carbocycles. The zero-order valence-corrected chi connectivity index (χ0v) is 5.19. The van der Waals surface area contributed by atoms with E-state index in [0.29, 0.717) is 0 Å². The molecule has 0 aromatic heterocycles. The summed E-state index contributed by atoms with van der Waals surface area (Å²) in [4.78, 5) is 0. The van der Waals surface area contributed by atoms with E-state index in [1.807, 2.05) is 6.08 Å². The van der Waals surface area contributed by atoms with Crippen molar-refractivity contribution < 1.29 is 0 Å². The first-order valence-corrected chi connectivity index (χ1v) is 3.19. The van der Waals surface area contributed by atoms with Crippen LogP contribution in [-0.2, 0) is 0 Å². The van der Waals surface area contributed by atoms with Gasteiger partial charge in [0.2, 0.25) is 0 Å². The van der Waals surface area contributed by atoms with Crippen LogP contribution in [0.4, 0.5) is 0 Å². The minimum absolute atomic E-state index is 0.000000000000000222. The molecule has 0 aromatic rings. The summed E-state index contributed by atoms with van der Waals surface area (Å²) in [6.07, 6.45) is 6.72. The Bertz CT molecular complexity index is 90.6. The number of rotatable bonds is 1. The molecule has 1 nitrogen and oxygen atoms in total. The molecule has 0 unspecified atom stereocenters. The van der Waals surface area contributed by atoms with Gasteiger partial charge in [-0.25, -0.2) is 0 Å². The Kier molecular flexibility index (Phi) is 1.39. The van der Waals surface area contributed by atoms with E-state index < -0.39 is 0 Å². The normalized spacial score (nSPS) is 25.6. The van der Waals surface area contributed by atoms with Crippen LogP contribution in [0.2, 0.25) is 0 Å². The van der Waals surface area contributed by atoms with Crippen molar-refractivity contribution in [1.82, 2.24) is 0 Å². The summed E-state index contributed by atoms with van der Waals surface area (Å²) < 4.78 is 0. The SMILES string of the molecule is C=CC1(N)CCCC1. The zero-order chi connectivity index (χ0) is 6.04. The fourth-order valence-corrected chi connectivity index (χ4v) is 1.24. The molecule has 0 heterocycles. The fourth-order valence-electron chi connectivity index (χ4n) is 1.24. The van der Waals surface area contributed by atoms with Gasteiger partial charge in [-0.15, -0.1) is 6.58 Å². The molecule has 1 heteroatoms. The monoisotopic (exact) mass is 111 g/mol. The smallest absolute Gasteiger partial charge is 0.0336 e. The molecule has 0 spiro atoms. The van der Waals surface area contributed by atoms with Crippen LogP contribution in [0.15, 0.2) is 12.7 Å². The minimum atomic E-state index is 0.000000000000000222. The van der Waals surface area contributed by atoms with Gasteiger partial charge in [-0.1, -0.05) is 18.9 Å². The Morgan fingerprint density at radius 1 is 1.38 bits per heavy atom. The molecule has 1 aliphatic carbocycles. The Hall–Kier alpha value is -0.300. The van der Waals surface area contributed by atoms with Crippen molar-refractivity contribution in [3.05, 3.63) is 12.7 Å². The molecule has 2 N–H and O–H groups in total. The van der Waals surface area contributed by atoms with Crippen molar-refractivity contribution in [3.8, 4) is 0 Å². The average molecular weight is 111 g/mol. The summed E-state index contributed by atoms with van der Waals surface area (Å²) in [5, 5.41) is 0. The van der Waals surface area contributed by atoms with E-state index >= 15 is 0 Å². The third-order valence-electron chi connectivity index (χ3n) is 1.94. The van der Waals surface area contributed by atoms with Crippen LogP contribution in [0.25, 0.3) is 0 Å². The van der Waals surface area contributed by atoms with Crippen molar-refractivity contribution >= 4 is 0 Å². The Balaban J connectivity index is 2.52. The average Bonchev–Trinajstić information content (AvgIpc) is 2.17. The van der Waals surface area contributed by atoms with Gasteiger partial charge in [-0.05, 0) is 12.8 Å². The van der Waals surface area contributed by atoms with Crippen molar-refractivity contribution in [2.75, 3.05) is 0 Å². The van der Waals surface area contributed by atoms with Gasteiger partial charge in [-0.2, -0.15) is 0 Å². The lowest BCUT2D eigenvalue weighted by atomic mass is 10.0. The third kappa shape index (κ3) is 0.920. The summed E-state index contributed by atoms with van der Waals surface area (Å²) in [7, 11) is 0. The van der Waals surface area contributed by atoms with E-state index in [-0.39, 0.29) is 5.54 Å². The first-order valence-electron chi connectivity index (χ1n) is 3.19. The highest BCUT2D eigenvalue weighted by atomic mass is 14.7. The van der Waals surface area contributed by atoms with Gasteiger partial charge in [0, 0.05) is 5.54 Å². The zero-order valence-electron chi connectivity index (χ0n) is 5.19. The molecular formula is C7H13N. The van der Waals surface area contributed by atoms with Crippen LogP contribution in [0, 0.1) is 0 Å². The second-order valence-corrected chi connectivity index (χ2v) is 2.64. The van der Waals surface area contributed by atoms with Crippen LogP contribution in [-0.4, -0.2) is 5.54 Å². The van der Waals surface area contributed by atoms with Gasteiger partial charge in [0.1, 0.15) is 0 Å². The van der Waals surface area contributed by atoms with Crippen LogP contribution in [0.1, 0.15) is 25.7 Å². The van der Waals surface area contributed by atoms with Crippen LogP contribution >= 0.6 is 0 Å². The van der Waals surface area contributed by atoms with E-state index in [4.69, 9.17) is 5.73 Å². The Morgan fingerprint density at radius 3 is 2.12 bits per heavy atom. The maximum atomic E-state index is 5.84. The molecule has 1 fully saturated rings. The summed E-state index contributed by atoms with van der Waals surface area (Å²) in [5.41, 5.74) is 5.84. The van der Waals surface area contributed by atoms with Gasteiger partial charge in [0.25, 0.3) is 0 Å². The third-order valence-corrected chi connectivity index (χ3v) is 1.94. The molecule has 0 atom stereocenters. The molecular weight excluding hydrogens is 98.1 g/mol. The Morgan fingerprint density at radius 2 is 1.88 bits per heavy atom. The van der Waals surface area contributed by atoms with Crippen LogP contribution < -0.4 is 5.73 Å². The summed E-state index contributed by atoms with van der Waals surface area (Å²) in [5.74, 6) is 0. The summed E-state index contributed by atoms with van der Waals surface area (Å²) in [6.45, 7) is 3.69. The molecule has 0 bridgehead atoms. The van der Waals surface area contributed by atoms with E-state index in [2.05, 4.69) is 6.58 Å². The highest BCUT2D eigenvalue weighted by Crippen LogP contribution is 2.27. The van der Waals surface area contributed by atoms with Gasteiger partial charge >= 0.3 is 0 Å². The van der Waals surface area contributed by atoms with Gasteiger partial charge < -0.3 is 5.73 Å². The topological polar surface area (TPSA) is 26.0 Å². The van der Waals surface area contributed by atoms with Crippen LogP contribution in [0.5, 0.6) is 0 Å². The molecule has 0 aliphatic heterocycles. The van der Waals surface area contributed by atoms with E-state index in [1.54, 1.807) is 0 Å². The van der Waals surface area contributed by atoms with Gasteiger partial charge in [0.15, 0.2) is 0 Å². The molecule has 46 valence electrons. The van der Waals surface area contributed by atoms with E-state index in [1.165, 1.54) is 12.8 Å². The standard InChI is InChI=1S/C7H13N/c1-2-7(8)5-3-4-6-7/h2H,1,3-6,8H2. The predicted octanol–water partition coefficient (Wildman–Crippen LogP) is 1.44. The molecule has 0 amide bonds.